The Hall–Kier alpha value is -2.48. The van der Waals surface area contributed by atoms with Gasteiger partial charge in [0.2, 0.25) is 0 Å². The Morgan fingerprint density at radius 1 is 1.21 bits per heavy atom. The fourth-order valence-corrected chi connectivity index (χ4v) is 3.37. The molecule has 1 aromatic rings. The maximum absolute atomic E-state index is 12.9. The minimum absolute atomic E-state index is 0.242. The summed E-state index contributed by atoms with van der Waals surface area (Å²) in [4.78, 5) is 27.9. The molecular formula is C16H20N2O6. The highest BCUT2D eigenvalue weighted by atomic mass is 16.5. The van der Waals surface area contributed by atoms with E-state index in [4.69, 9.17) is 14.2 Å². The van der Waals surface area contributed by atoms with Gasteiger partial charge in [0.25, 0.3) is 5.91 Å². The fraction of sp³-hybridized carbons (Fsp3) is 0.500. The molecule has 1 saturated heterocycles. The summed E-state index contributed by atoms with van der Waals surface area (Å²) < 4.78 is 15.3. The lowest BCUT2D eigenvalue weighted by atomic mass is 10.1. The monoisotopic (exact) mass is 336 g/mol. The van der Waals surface area contributed by atoms with Crippen molar-refractivity contribution in [2.75, 3.05) is 32.8 Å². The summed E-state index contributed by atoms with van der Waals surface area (Å²) in [5.41, 5.74) is 0.507. The molecule has 130 valence electrons. The van der Waals surface area contributed by atoms with E-state index in [0.717, 1.165) is 11.3 Å². The summed E-state index contributed by atoms with van der Waals surface area (Å²) in [5.74, 6) is 0.479. The van der Waals surface area contributed by atoms with E-state index in [1.54, 1.807) is 4.90 Å². The molecule has 0 radical (unpaired) electrons. The molecule has 2 aliphatic rings. The molecular weight excluding hydrogens is 316 g/mol. The molecule has 0 saturated carbocycles. The number of nitrogens with zero attached hydrogens (tertiary/aromatic N) is 2. The van der Waals surface area contributed by atoms with Gasteiger partial charge in [-0.15, -0.1) is 0 Å². The smallest absolute Gasteiger partial charge is 0.416 e. The zero-order chi connectivity index (χ0) is 17.4. The van der Waals surface area contributed by atoms with E-state index >= 15 is 0 Å². The largest absolute Gasteiger partial charge is 0.493 e. The SMILES string of the molecule is COC(=O)N1c2cc(OC)c(OC)cc2C(=O)N2CCC[C@H]2[C@@H]1O. The van der Waals surface area contributed by atoms with Crippen molar-refractivity contribution in [3.63, 3.8) is 0 Å². The van der Waals surface area contributed by atoms with E-state index in [0.29, 0.717) is 24.5 Å². The quantitative estimate of drug-likeness (QED) is 0.873. The Kier molecular flexibility index (Phi) is 4.23. The summed E-state index contributed by atoms with van der Waals surface area (Å²) >= 11 is 0. The molecule has 8 heteroatoms. The molecule has 0 bridgehead atoms. The first-order valence-electron chi connectivity index (χ1n) is 7.65. The maximum atomic E-state index is 12.9. The summed E-state index contributed by atoms with van der Waals surface area (Å²) in [5, 5.41) is 10.7. The Labute approximate surface area is 139 Å². The maximum Gasteiger partial charge on any atom is 0.416 e. The molecule has 2 amide bonds. The number of anilines is 1. The van der Waals surface area contributed by atoms with Gasteiger partial charge in [-0.05, 0) is 18.9 Å². The van der Waals surface area contributed by atoms with Crippen molar-refractivity contribution >= 4 is 17.7 Å². The highest BCUT2D eigenvalue weighted by Gasteiger charge is 2.45. The van der Waals surface area contributed by atoms with Crippen molar-refractivity contribution in [2.45, 2.75) is 25.1 Å². The van der Waals surface area contributed by atoms with Gasteiger partial charge in [-0.2, -0.15) is 0 Å². The number of methoxy groups -OCH3 is 3. The number of carbonyl (C=O) groups is 2. The van der Waals surface area contributed by atoms with E-state index in [1.807, 2.05) is 0 Å². The standard InChI is InChI=1S/C16H20N2O6/c1-22-12-7-9-11(8-13(12)23-2)18(16(21)24-3)15(20)10-5-4-6-17(10)14(9)19/h7-8,10,15,20H,4-6H2,1-3H3/t10-,15-/m0/s1. The number of fused-ring (bicyclic) bond motifs is 2. The summed E-state index contributed by atoms with van der Waals surface area (Å²) in [6, 6.07) is 2.56. The van der Waals surface area contributed by atoms with Gasteiger partial charge in [0.1, 0.15) is 0 Å². The highest BCUT2D eigenvalue weighted by Crippen LogP contribution is 2.40. The van der Waals surface area contributed by atoms with Crippen LogP contribution in [0.1, 0.15) is 23.2 Å². The van der Waals surface area contributed by atoms with Crippen LogP contribution in [0.4, 0.5) is 10.5 Å². The van der Waals surface area contributed by atoms with Crippen molar-refractivity contribution in [1.82, 2.24) is 4.90 Å². The van der Waals surface area contributed by atoms with Gasteiger partial charge in [0.05, 0.1) is 38.6 Å². The number of rotatable bonds is 2. The Morgan fingerprint density at radius 3 is 2.50 bits per heavy atom. The molecule has 1 N–H and O–H groups in total. The second-order valence-electron chi connectivity index (χ2n) is 5.69. The summed E-state index contributed by atoms with van der Waals surface area (Å²) in [7, 11) is 4.16. The number of aliphatic hydroxyl groups is 1. The van der Waals surface area contributed by atoms with E-state index in [9.17, 15) is 14.7 Å². The van der Waals surface area contributed by atoms with Crippen LogP contribution in [-0.4, -0.2) is 62.2 Å². The number of aliphatic hydroxyl groups excluding tert-OH is 1. The van der Waals surface area contributed by atoms with Gasteiger partial charge in [-0.25, -0.2) is 9.69 Å². The number of ether oxygens (including phenoxy) is 3. The molecule has 1 aromatic carbocycles. The van der Waals surface area contributed by atoms with Crippen LogP contribution < -0.4 is 14.4 Å². The molecule has 2 heterocycles. The lowest BCUT2D eigenvalue weighted by Gasteiger charge is -2.31. The third-order valence-corrected chi connectivity index (χ3v) is 4.53. The van der Waals surface area contributed by atoms with E-state index in [1.165, 1.54) is 33.5 Å². The topological polar surface area (TPSA) is 88.5 Å². The minimum Gasteiger partial charge on any atom is -0.493 e. The number of amides is 2. The number of benzene rings is 1. The van der Waals surface area contributed by atoms with E-state index in [2.05, 4.69) is 0 Å². The molecule has 8 nitrogen and oxygen atoms in total. The first-order valence-corrected chi connectivity index (χ1v) is 7.65. The van der Waals surface area contributed by atoms with Gasteiger partial charge in [0, 0.05) is 12.6 Å². The van der Waals surface area contributed by atoms with Gasteiger partial charge in [-0.3, -0.25) is 4.79 Å². The Balaban J connectivity index is 2.23. The van der Waals surface area contributed by atoms with Crippen molar-refractivity contribution in [2.24, 2.45) is 0 Å². The predicted octanol–water partition coefficient (Wildman–Crippen LogP) is 1.21. The van der Waals surface area contributed by atoms with Gasteiger partial charge in [-0.1, -0.05) is 0 Å². The Morgan fingerprint density at radius 2 is 1.88 bits per heavy atom. The minimum atomic E-state index is -1.19. The molecule has 0 unspecified atom stereocenters. The van der Waals surface area contributed by atoms with Gasteiger partial charge < -0.3 is 24.2 Å². The van der Waals surface area contributed by atoms with Crippen molar-refractivity contribution in [3.05, 3.63) is 17.7 Å². The molecule has 1 fully saturated rings. The summed E-state index contributed by atoms with van der Waals surface area (Å²) in [6.45, 7) is 0.531. The van der Waals surface area contributed by atoms with Crippen LogP contribution in [0.3, 0.4) is 0 Å². The van der Waals surface area contributed by atoms with Crippen LogP contribution in [-0.2, 0) is 4.74 Å². The molecule has 2 atom stereocenters. The van der Waals surface area contributed by atoms with Crippen LogP contribution in [0.25, 0.3) is 0 Å². The third kappa shape index (κ3) is 2.34. The summed E-state index contributed by atoms with van der Waals surface area (Å²) in [6.07, 6.45) is -0.547. The second kappa shape index (κ2) is 6.20. The zero-order valence-corrected chi connectivity index (χ0v) is 13.8. The van der Waals surface area contributed by atoms with Crippen LogP contribution in [0.2, 0.25) is 0 Å². The molecule has 0 aliphatic carbocycles. The number of hydrogen-bond donors (Lipinski definition) is 1. The Bertz CT molecular complexity index is 677. The highest BCUT2D eigenvalue weighted by molar-refractivity contribution is 6.06. The molecule has 0 aromatic heterocycles. The predicted molar refractivity (Wildman–Crippen MR) is 84.5 cm³/mol. The fourth-order valence-electron chi connectivity index (χ4n) is 3.37. The van der Waals surface area contributed by atoms with E-state index in [-0.39, 0.29) is 17.2 Å². The average Bonchev–Trinajstić information content (AvgIpc) is 3.07. The van der Waals surface area contributed by atoms with Crippen LogP contribution in [0, 0.1) is 0 Å². The molecule has 0 spiro atoms. The van der Waals surface area contributed by atoms with E-state index < -0.39 is 18.4 Å². The molecule has 24 heavy (non-hydrogen) atoms. The first kappa shape index (κ1) is 16.4. The lowest BCUT2D eigenvalue weighted by molar-refractivity contribution is 0.0502. The number of carbonyl (C=O) groups excluding carboxylic acids is 2. The second-order valence-corrected chi connectivity index (χ2v) is 5.69. The van der Waals surface area contributed by atoms with Gasteiger partial charge in [0.15, 0.2) is 17.7 Å². The molecule has 3 rings (SSSR count). The first-order chi connectivity index (χ1) is 11.5. The number of hydrogen-bond acceptors (Lipinski definition) is 6. The van der Waals surface area contributed by atoms with Crippen molar-refractivity contribution < 1.29 is 28.9 Å². The van der Waals surface area contributed by atoms with Gasteiger partial charge >= 0.3 is 6.09 Å². The average molecular weight is 336 g/mol. The zero-order valence-electron chi connectivity index (χ0n) is 13.8. The third-order valence-electron chi connectivity index (χ3n) is 4.53. The normalized spacial score (nSPS) is 22.6. The van der Waals surface area contributed by atoms with Crippen molar-refractivity contribution in [3.8, 4) is 11.5 Å². The van der Waals surface area contributed by atoms with Crippen molar-refractivity contribution in [1.29, 1.82) is 0 Å². The van der Waals surface area contributed by atoms with Crippen LogP contribution >= 0.6 is 0 Å². The molecule has 2 aliphatic heterocycles. The van der Waals surface area contributed by atoms with Crippen LogP contribution in [0.15, 0.2) is 12.1 Å². The van der Waals surface area contributed by atoms with Crippen LogP contribution in [0.5, 0.6) is 11.5 Å². The lowest BCUT2D eigenvalue weighted by Crippen LogP contribution is -2.50.